The average molecular weight is 231 g/mol. The monoisotopic (exact) mass is 231 g/mol. The third-order valence-corrected chi connectivity index (χ3v) is 3.59. The molecular weight excluding hydrogens is 214 g/mol. The Morgan fingerprint density at radius 1 is 1.53 bits per heavy atom. The Hall–Kier alpha value is -0.880. The maximum Gasteiger partial charge on any atom is 0.211 e. The van der Waals surface area contributed by atoms with E-state index in [1.165, 1.54) is 0 Å². The van der Waals surface area contributed by atoms with Gasteiger partial charge in [0, 0.05) is 17.8 Å². The molecule has 6 heteroatoms. The van der Waals surface area contributed by atoms with Crippen molar-refractivity contribution < 1.29 is 8.42 Å². The number of rotatable bonds is 6. The van der Waals surface area contributed by atoms with E-state index in [4.69, 9.17) is 0 Å². The summed E-state index contributed by atoms with van der Waals surface area (Å²) in [4.78, 5) is 0. The molecule has 0 radical (unpaired) electrons. The first-order valence-corrected chi connectivity index (χ1v) is 6.66. The topological polar surface area (TPSA) is 74.8 Å². The Labute approximate surface area is 90.3 Å². The van der Waals surface area contributed by atoms with Crippen LogP contribution in [0.25, 0.3) is 0 Å². The maximum absolute atomic E-state index is 11.5. The number of aryl methyl sites for hydroxylation is 1. The van der Waals surface area contributed by atoms with Crippen LogP contribution in [0, 0.1) is 6.92 Å². The number of nitrogens with zero attached hydrogens (tertiary/aromatic N) is 1. The Morgan fingerprint density at radius 2 is 2.27 bits per heavy atom. The number of sulfonamides is 1. The molecule has 1 rings (SSSR count). The molecule has 0 amide bonds. The Morgan fingerprint density at radius 3 is 2.80 bits per heavy atom. The van der Waals surface area contributed by atoms with Crippen molar-refractivity contribution in [1.82, 2.24) is 14.9 Å². The summed E-state index contributed by atoms with van der Waals surface area (Å²) >= 11 is 0. The summed E-state index contributed by atoms with van der Waals surface area (Å²) in [6.07, 6.45) is 3.21. The van der Waals surface area contributed by atoms with Crippen molar-refractivity contribution in [3.05, 3.63) is 17.5 Å². The first-order valence-electron chi connectivity index (χ1n) is 5.01. The number of aromatic nitrogens is 2. The second kappa shape index (κ2) is 5.27. The normalized spacial score (nSPS) is 11.9. The molecule has 0 bridgehead atoms. The van der Waals surface area contributed by atoms with Gasteiger partial charge in [-0.15, -0.1) is 0 Å². The van der Waals surface area contributed by atoms with E-state index in [0.717, 1.165) is 17.7 Å². The van der Waals surface area contributed by atoms with Crippen molar-refractivity contribution >= 4 is 10.0 Å². The largest absolute Gasteiger partial charge is 0.283 e. The van der Waals surface area contributed by atoms with Crippen molar-refractivity contribution in [3.63, 3.8) is 0 Å². The molecule has 0 atom stereocenters. The highest BCUT2D eigenvalue weighted by Crippen LogP contribution is 2.03. The van der Waals surface area contributed by atoms with Gasteiger partial charge in [0.2, 0.25) is 10.0 Å². The van der Waals surface area contributed by atoms with E-state index < -0.39 is 10.0 Å². The van der Waals surface area contributed by atoms with Gasteiger partial charge in [-0.2, -0.15) is 5.10 Å². The van der Waals surface area contributed by atoms with Crippen molar-refractivity contribution in [2.75, 3.05) is 5.75 Å². The number of H-pyrrole nitrogens is 1. The first kappa shape index (κ1) is 12.2. The summed E-state index contributed by atoms with van der Waals surface area (Å²) in [7, 11) is -3.13. The van der Waals surface area contributed by atoms with Gasteiger partial charge in [-0.3, -0.25) is 5.10 Å². The van der Waals surface area contributed by atoms with Gasteiger partial charge >= 0.3 is 0 Å². The minimum absolute atomic E-state index is 0.195. The Balaban J connectivity index is 2.46. The Bertz CT molecular complexity index is 397. The van der Waals surface area contributed by atoms with Crippen molar-refractivity contribution in [1.29, 1.82) is 0 Å². The zero-order chi connectivity index (χ0) is 11.3. The molecule has 0 saturated heterocycles. The molecule has 0 aromatic carbocycles. The fraction of sp³-hybridized carbons (Fsp3) is 0.667. The summed E-state index contributed by atoms with van der Waals surface area (Å²) in [5.41, 5.74) is 1.78. The molecule has 0 aliphatic heterocycles. The lowest BCUT2D eigenvalue weighted by molar-refractivity contribution is 0.578. The molecule has 1 aromatic rings. The van der Waals surface area contributed by atoms with Crippen LogP contribution in [-0.4, -0.2) is 24.4 Å². The third-order valence-electron chi connectivity index (χ3n) is 2.18. The molecule has 86 valence electrons. The van der Waals surface area contributed by atoms with Crippen LogP contribution in [-0.2, 0) is 16.6 Å². The van der Waals surface area contributed by atoms with Gasteiger partial charge in [-0.05, 0) is 13.3 Å². The molecule has 5 nitrogen and oxygen atoms in total. The van der Waals surface area contributed by atoms with Crippen LogP contribution >= 0.6 is 0 Å². The van der Waals surface area contributed by atoms with E-state index in [2.05, 4.69) is 14.9 Å². The number of hydrogen-bond acceptors (Lipinski definition) is 3. The zero-order valence-electron chi connectivity index (χ0n) is 9.08. The summed E-state index contributed by atoms with van der Waals surface area (Å²) < 4.78 is 25.5. The summed E-state index contributed by atoms with van der Waals surface area (Å²) in [6, 6.07) is 0. The quantitative estimate of drug-likeness (QED) is 0.765. The second-order valence-corrected chi connectivity index (χ2v) is 5.44. The van der Waals surface area contributed by atoms with Gasteiger partial charge in [0.25, 0.3) is 0 Å². The van der Waals surface area contributed by atoms with E-state index >= 15 is 0 Å². The Kier molecular flexibility index (Phi) is 4.28. The van der Waals surface area contributed by atoms with Gasteiger partial charge in [-0.1, -0.05) is 13.3 Å². The zero-order valence-corrected chi connectivity index (χ0v) is 9.89. The maximum atomic E-state index is 11.5. The molecule has 0 spiro atoms. The van der Waals surface area contributed by atoms with Crippen molar-refractivity contribution in [2.45, 2.75) is 33.2 Å². The summed E-state index contributed by atoms with van der Waals surface area (Å²) in [5, 5.41) is 6.59. The van der Waals surface area contributed by atoms with Crippen molar-refractivity contribution in [2.24, 2.45) is 0 Å². The predicted molar refractivity (Wildman–Crippen MR) is 58.9 cm³/mol. The van der Waals surface area contributed by atoms with Crippen LogP contribution in [0.5, 0.6) is 0 Å². The highest BCUT2D eigenvalue weighted by molar-refractivity contribution is 7.89. The van der Waals surface area contributed by atoms with E-state index in [0.29, 0.717) is 13.0 Å². The minimum Gasteiger partial charge on any atom is -0.283 e. The van der Waals surface area contributed by atoms with E-state index in [9.17, 15) is 8.42 Å². The highest BCUT2D eigenvalue weighted by Gasteiger charge is 2.10. The van der Waals surface area contributed by atoms with Crippen LogP contribution in [0.2, 0.25) is 0 Å². The molecular formula is C9H17N3O2S. The van der Waals surface area contributed by atoms with E-state index in [1.807, 2.05) is 13.8 Å². The van der Waals surface area contributed by atoms with Gasteiger partial charge in [0.1, 0.15) is 0 Å². The average Bonchev–Trinajstić information content (AvgIpc) is 2.58. The van der Waals surface area contributed by atoms with Crippen LogP contribution in [0.1, 0.15) is 31.0 Å². The van der Waals surface area contributed by atoms with Gasteiger partial charge < -0.3 is 0 Å². The molecule has 0 aliphatic carbocycles. The smallest absolute Gasteiger partial charge is 0.211 e. The molecule has 0 fully saturated rings. The minimum atomic E-state index is -3.13. The molecule has 0 saturated carbocycles. The van der Waals surface area contributed by atoms with Crippen LogP contribution in [0.15, 0.2) is 6.20 Å². The van der Waals surface area contributed by atoms with Gasteiger partial charge in [0.05, 0.1) is 11.9 Å². The van der Waals surface area contributed by atoms with E-state index in [-0.39, 0.29) is 5.75 Å². The van der Waals surface area contributed by atoms with Gasteiger partial charge in [-0.25, -0.2) is 13.1 Å². The molecule has 0 aliphatic rings. The SMILES string of the molecule is CCCCS(=O)(=O)NCc1cn[nH]c1C. The number of hydrogen-bond donors (Lipinski definition) is 2. The lowest BCUT2D eigenvalue weighted by atomic mass is 10.3. The fourth-order valence-electron chi connectivity index (χ4n) is 1.15. The lowest BCUT2D eigenvalue weighted by Gasteiger charge is -2.04. The predicted octanol–water partition coefficient (Wildman–Crippen LogP) is 0.938. The highest BCUT2D eigenvalue weighted by atomic mass is 32.2. The molecule has 1 aromatic heterocycles. The molecule has 0 unspecified atom stereocenters. The number of nitrogens with one attached hydrogen (secondary N) is 2. The molecule has 15 heavy (non-hydrogen) atoms. The third kappa shape index (κ3) is 4.01. The summed E-state index contributed by atoms with van der Waals surface area (Å²) in [6.45, 7) is 4.15. The van der Waals surface area contributed by atoms with Crippen LogP contribution in [0.3, 0.4) is 0 Å². The van der Waals surface area contributed by atoms with Crippen LogP contribution < -0.4 is 4.72 Å². The first-order chi connectivity index (χ1) is 7.05. The lowest BCUT2D eigenvalue weighted by Crippen LogP contribution is -2.25. The number of unbranched alkanes of at least 4 members (excludes halogenated alkanes) is 1. The standard InChI is InChI=1S/C9H17N3O2S/c1-3-4-5-15(13,14)11-7-9-6-10-12-8(9)2/h6,11H,3-5,7H2,1-2H3,(H,10,12). The number of aromatic amines is 1. The van der Waals surface area contributed by atoms with Crippen molar-refractivity contribution in [3.8, 4) is 0 Å². The van der Waals surface area contributed by atoms with Gasteiger partial charge in [0.15, 0.2) is 0 Å². The fourth-order valence-corrected chi connectivity index (χ4v) is 2.34. The summed E-state index contributed by atoms with van der Waals surface area (Å²) in [5.74, 6) is 0.195. The van der Waals surface area contributed by atoms with E-state index in [1.54, 1.807) is 6.20 Å². The molecule has 2 N–H and O–H groups in total. The second-order valence-electron chi connectivity index (χ2n) is 3.51. The molecule has 1 heterocycles. The van der Waals surface area contributed by atoms with Crippen LogP contribution in [0.4, 0.5) is 0 Å².